The van der Waals surface area contributed by atoms with Crippen LogP contribution in [0.2, 0.25) is 0 Å². The van der Waals surface area contributed by atoms with Gasteiger partial charge in [-0.15, -0.1) is 0 Å². The number of halogens is 2. The van der Waals surface area contributed by atoms with E-state index in [4.69, 9.17) is 9.47 Å². The third-order valence-electron chi connectivity index (χ3n) is 3.77. The quantitative estimate of drug-likeness (QED) is 0.368. The standard InChI is InChI=1S/C20H22F2O3/c1-3-5-6-7-14-8-10-15(11-9-14)25-20(23)16-12-13-17(24-4-2)19(22)18(16)21/h8-13H,3-7H2,1-2H3. The fraction of sp³-hybridized carbons (Fsp3) is 0.350. The molecular weight excluding hydrogens is 326 g/mol. The number of hydrogen-bond acceptors (Lipinski definition) is 3. The maximum Gasteiger partial charge on any atom is 0.346 e. The molecule has 0 aliphatic heterocycles. The van der Waals surface area contributed by atoms with Crippen LogP contribution in [-0.2, 0) is 6.42 Å². The lowest BCUT2D eigenvalue weighted by molar-refractivity contribution is 0.0728. The van der Waals surface area contributed by atoms with E-state index in [1.54, 1.807) is 19.1 Å². The van der Waals surface area contributed by atoms with Crippen LogP contribution in [0.15, 0.2) is 36.4 Å². The minimum absolute atomic E-state index is 0.199. The van der Waals surface area contributed by atoms with Crippen molar-refractivity contribution in [2.24, 2.45) is 0 Å². The van der Waals surface area contributed by atoms with Crippen LogP contribution in [0.1, 0.15) is 49.0 Å². The third kappa shape index (κ3) is 5.02. The summed E-state index contributed by atoms with van der Waals surface area (Å²) in [6, 6.07) is 9.42. The SMILES string of the molecule is CCCCCc1ccc(OC(=O)c2ccc(OCC)c(F)c2F)cc1. The predicted molar refractivity (Wildman–Crippen MR) is 92.2 cm³/mol. The number of carbonyl (C=O) groups is 1. The number of aryl methyl sites for hydroxylation is 1. The molecule has 2 rings (SSSR count). The van der Waals surface area contributed by atoms with Crippen molar-refractivity contribution in [3.63, 3.8) is 0 Å². The molecule has 0 aliphatic carbocycles. The molecule has 0 bridgehead atoms. The van der Waals surface area contributed by atoms with Gasteiger partial charge in [-0.3, -0.25) is 0 Å². The number of ether oxygens (including phenoxy) is 2. The molecule has 0 atom stereocenters. The van der Waals surface area contributed by atoms with Crippen LogP contribution >= 0.6 is 0 Å². The van der Waals surface area contributed by atoms with E-state index in [0.717, 1.165) is 30.9 Å². The summed E-state index contributed by atoms with van der Waals surface area (Å²) in [5, 5.41) is 0. The highest BCUT2D eigenvalue weighted by Crippen LogP contribution is 2.24. The number of benzene rings is 2. The molecule has 0 spiro atoms. The zero-order valence-electron chi connectivity index (χ0n) is 14.5. The smallest absolute Gasteiger partial charge is 0.346 e. The average Bonchev–Trinajstić information content (AvgIpc) is 2.61. The van der Waals surface area contributed by atoms with Gasteiger partial charge in [-0.2, -0.15) is 4.39 Å². The van der Waals surface area contributed by atoms with Crippen molar-refractivity contribution in [3.8, 4) is 11.5 Å². The Hall–Kier alpha value is -2.43. The predicted octanol–water partition coefficient (Wildman–Crippen LogP) is 5.32. The van der Waals surface area contributed by atoms with E-state index in [9.17, 15) is 13.6 Å². The number of unbranched alkanes of at least 4 members (excludes halogenated alkanes) is 2. The second-order valence-electron chi connectivity index (χ2n) is 5.66. The van der Waals surface area contributed by atoms with Crippen LogP contribution in [-0.4, -0.2) is 12.6 Å². The van der Waals surface area contributed by atoms with Crippen molar-refractivity contribution in [3.05, 3.63) is 59.2 Å². The Labute approximate surface area is 146 Å². The minimum atomic E-state index is -1.27. The number of hydrogen-bond donors (Lipinski definition) is 0. The van der Waals surface area contributed by atoms with Gasteiger partial charge in [-0.05, 0) is 49.6 Å². The second kappa shape index (κ2) is 9.16. The van der Waals surface area contributed by atoms with E-state index in [1.807, 2.05) is 12.1 Å². The molecule has 0 aliphatic rings. The topological polar surface area (TPSA) is 35.5 Å². The summed E-state index contributed by atoms with van der Waals surface area (Å²) in [6.45, 7) is 4.00. The van der Waals surface area contributed by atoms with E-state index in [0.29, 0.717) is 0 Å². The van der Waals surface area contributed by atoms with Crippen LogP contribution in [0.4, 0.5) is 8.78 Å². The van der Waals surface area contributed by atoms with Crippen molar-refractivity contribution in [1.82, 2.24) is 0 Å². The van der Waals surface area contributed by atoms with Gasteiger partial charge in [-0.1, -0.05) is 31.9 Å². The monoisotopic (exact) mass is 348 g/mol. The van der Waals surface area contributed by atoms with Crippen LogP contribution in [0.5, 0.6) is 11.5 Å². The van der Waals surface area contributed by atoms with E-state index < -0.39 is 23.2 Å². The molecule has 0 saturated carbocycles. The molecule has 0 aromatic heterocycles. The van der Waals surface area contributed by atoms with Gasteiger partial charge in [-0.25, -0.2) is 9.18 Å². The summed E-state index contributed by atoms with van der Waals surface area (Å²) in [5.74, 6) is -3.35. The third-order valence-corrected chi connectivity index (χ3v) is 3.77. The van der Waals surface area contributed by atoms with E-state index in [-0.39, 0.29) is 18.1 Å². The molecule has 2 aromatic rings. The summed E-state index contributed by atoms with van der Waals surface area (Å²) in [6.07, 6.45) is 4.38. The molecule has 0 radical (unpaired) electrons. The normalized spacial score (nSPS) is 10.6. The van der Waals surface area contributed by atoms with Gasteiger partial charge < -0.3 is 9.47 Å². The largest absolute Gasteiger partial charge is 0.491 e. The lowest BCUT2D eigenvalue weighted by Gasteiger charge is -2.09. The van der Waals surface area contributed by atoms with E-state index in [1.165, 1.54) is 12.5 Å². The van der Waals surface area contributed by atoms with Crippen LogP contribution in [0, 0.1) is 11.6 Å². The maximum atomic E-state index is 14.0. The molecule has 25 heavy (non-hydrogen) atoms. The molecule has 0 saturated heterocycles. The Morgan fingerprint density at radius 2 is 1.68 bits per heavy atom. The number of carbonyl (C=O) groups excluding carboxylic acids is 1. The first-order chi connectivity index (χ1) is 12.1. The highest BCUT2D eigenvalue weighted by Gasteiger charge is 2.21. The summed E-state index contributed by atoms with van der Waals surface area (Å²) in [7, 11) is 0. The van der Waals surface area contributed by atoms with Gasteiger partial charge >= 0.3 is 5.97 Å². The minimum Gasteiger partial charge on any atom is -0.491 e. The van der Waals surface area contributed by atoms with Crippen LogP contribution < -0.4 is 9.47 Å². The molecule has 0 unspecified atom stereocenters. The Kier molecular flexibility index (Phi) is 6.92. The lowest BCUT2D eigenvalue weighted by atomic mass is 10.1. The van der Waals surface area contributed by atoms with Crippen molar-refractivity contribution in [2.45, 2.75) is 39.5 Å². The molecule has 0 N–H and O–H groups in total. The second-order valence-corrected chi connectivity index (χ2v) is 5.66. The average molecular weight is 348 g/mol. The van der Waals surface area contributed by atoms with Crippen LogP contribution in [0.3, 0.4) is 0 Å². The Morgan fingerprint density at radius 1 is 0.960 bits per heavy atom. The fourth-order valence-electron chi connectivity index (χ4n) is 2.42. The van der Waals surface area contributed by atoms with Gasteiger partial charge in [0, 0.05) is 0 Å². The van der Waals surface area contributed by atoms with Gasteiger partial charge in [0.05, 0.1) is 12.2 Å². The molecule has 2 aromatic carbocycles. The molecule has 0 fully saturated rings. The molecular formula is C20H22F2O3. The first kappa shape index (κ1) is 18.9. The van der Waals surface area contributed by atoms with E-state index in [2.05, 4.69) is 6.92 Å². The zero-order chi connectivity index (χ0) is 18.2. The zero-order valence-corrected chi connectivity index (χ0v) is 14.5. The first-order valence-electron chi connectivity index (χ1n) is 8.48. The van der Waals surface area contributed by atoms with Crippen molar-refractivity contribution < 1.29 is 23.0 Å². The summed E-state index contributed by atoms with van der Waals surface area (Å²) in [4.78, 5) is 12.1. The summed E-state index contributed by atoms with van der Waals surface area (Å²) >= 11 is 0. The molecule has 0 heterocycles. The molecule has 134 valence electrons. The Morgan fingerprint density at radius 3 is 2.32 bits per heavy atom. The maximum absolute atomic E-state index is 14.0. The first-order valence-corrected chi connectivity index (χ1v) is 8.48. The lowest BCUT2D eigenvalue weighted by Crippen LogP contribution is -2.12. The van der Waals surface area contributed by atoms with Crippen molar-refractivity contribution in [2.75, 3.05) is 6.61 Å². The highest BCUT2D eigenvalue weighted by molar-refractivity contribution is 5.91. The van der Waals surface area contributed by atoms with E-state index >= 15 is 0 Å². The Bertz CT molecular complexity index is 712. The molecule has 0 amide bonds. The fourth-order valence-corrected chi connectivity index (χ4v) is 2.42. The highest BCUT2D eigenvalue weighted by atomic mass is 19.2. The van der Waals surface area contributed by atoms with Gasteiger partial charge in [0.2, 0.25) is 5.82 Å². The van der Waals surface area contributed by atoms with Crippen LogP contribution in [0.25, 0.3) is 0 Å². The van der Waals surface area contributed by atoms with Gasteiger partial charge in [0.25, 0.3) is 0 Å². The Balaban J connectivity index is 2.05. The van der Waals surface area contributed by atoms with Crippen molar-refractivity contribution in [1.29, 1.82) is 0 Å². The molecule has 3 nitrogen and oxygen atoms in total. The van der Waals surface area contributed by atoms with Crippen molar-refractivity contribution >= 4 is 5.97 Å². The summed E-state index contributed by atoms with van der Waals surface area (Å²) in [5.41, 5.74) is 0.680. The van der Waals surface area contributed by atoms with Gasteiger partial charge in [0.1, 0.15) is 5.75 Å². The molecule has 5 heteroatoms. The number of esters is 1. The summed E-state index contributed by atoms with van der Waals surface area (Å²) < 4.78 is 37.9. The van der Waals surface area contributed by atoms with Gasteiger partial charge in [0.15, 0.2) is 11.6 Å². The number of rotatable bonds is 8.